The molecule has 1 aromatic rings. The number of Topliss-reactive ketones (excluding diaryl/α,β-unsaturated/α-hetero) is 1. The molecule has 100 valence electrons. The number of thioether (sulfide) groups is 2. The van der Waals surface area contributed by atoms with Crippen molar-refractivity contribution in [1.82, 2.24) is 9.78 Å². The van der Waals surface area contributed by atoms with Crippen LogP contribution in [0.5, 0.6) is 0 Å². The van der Waals surface area contributed by atoms with E-state index in [9.17, 15) is 4.79 Å². The van der Waals surface area contributed by atoms with E-state index in [2.05, 4.69) is 25.9 Å². The van der Waals surface area contributed by atoms with Crippen LogP contribution >= 0.6 is 23.5 Å². The highest BCUT2D eigenvalue weighted by Gasteiger charge is 2.30. The number of nitrogens with zero attached hydrogens (tertiary/aromatic N) is 2. The van der Waals surface area contributed by atoms with Gasteiger partial charge in [-0.15, -0.1) is 11.8 Å². The molecule has 1 aromatic heterocycles. The highest BCUT2D eigenvalue weighted by atomic mass is 32.2. The Morgan fingerprint density at radius 1 is 1.50 bits per heavy atom. The van der Waals surface area contributed by atoms with Crippen molar-refractivity contribution < 1.29 is 4.79 Å². The van der Waals surface area contributed by atoms with Crippen molar-refractivity contribution in [1.29, 1.82) is 0 Å². The van der Waals surface area contributed by atoms with Gasteiger partial charge < -0.3 is 0 Å². The van der Waals surface area contributed by atoms with Crippen LogP contribution in [0, 0.1) is 0 Å². The quantitative estimate of drug-likeness (QED) is 0.851. The first-order valence-corrected chi connectivity index (χ1v) is 8.40. The molecule has 1 saturated heterocycles. The van der Waals surface area contributed by atoms with Crippen molar-refractivity contribution in [2.75, 3.05) is 5.75 Å². The Morgan fingerprint density at radius 2 is 2.28 bits per heavy atom. The molecule has 3 unspecified atom stereocenters. The van der Waals surface area contributed by atoms with Gasteiger partial charge in [-0.2, -0.15) is 16.9 Å². The molecule has 3 nitrogen and oxygen atoms in total. The van der Waals surface area contributed by atoms with Gasteiger partial charge in [-0.1, -0.05) is 13.8 Å². The van der Waals surface area contributed by atoms with Crippen LogP contribution in [-0.2, 0) is 17.8 Å². The summed E-state index contributed by atoms with van der Waals surface area (Å²) in [5, 5.41) is 5.59. The molecule has 1 fully saturated rings. The van der Waals surface area contributed by atoms with E-state index in [4.69, 9.17) is 0 Å². The summed E-state index contributed by atoms with van der Waals surface area (Å²) < 4.78 is 1.87. The molecule has 0 aliphatic carbocycles. The fourth-order valence-corrected chi connectivity index (χ4v) is 4.83. The largest absolute Gasteiger partial charge is 0.298 e. The zero-order valence-electron chi connectivity index (χ0n) is 11.1. The molecule has 0 aromatic carbocycles. The minimum atomic E-state index is 0.158. The number of hydrogen-bond donors (Lipinski definition) is 0. The van der Waals surface area contributed by atoms with Crippen molar-refractivity contribution in [3.05, 3.63) is 18.0 Å². The second kappa shape index (κ2) is 6.15. The Balaban J connectivity index is 1.91. The number of carbonyl (C=O) groups is 1. The van der Waals surface area contributed by atoms with Crippen LogP contribution in [0.25, 0.3) is 0 Å². The summed E-state index contributed by atoms with van der Waals surface area (Å²) >= 11 is 3.76. The number of aryl methyl sites for hydroxylation is 1. The van der Waals surface area contributed by atoms with Crippen LogP contribution in [0.1, 0.15) is 26.3 Å². The van der Waals surface area contributed by atoms with Crippen molar-refractivity contribution in [3.8, 4) is 0 Å². The van der Waals surface area contributed by atoms with E-state index >= 15 is 0 Å². The van der Waals surface area contributed by atoms with Crippen LogP contribution in [0.15, 0.2) is 12.4 Å². The molecule has 0 spiro atoms. The number of aromatic nitrogens is 2. The third-order valence-corrected chi connectivity index (χ3v) is 6.74. The zero-order chi connectivity index (χ0) is 13.1. The summed E-state index contributed by atoms with van der Waals surface area (Å²) in [5.74, 6) is 1.30. The molecule has 2 heterocycles. The highest BCUT2D eigenvalue weighted by Crippen LogP contribution is 2.36. The molecule has 1 aliphatic rings. The van der Waals surface area contributed by atoms with Crippen LogP contribution in [0.2, 0.25) is 0 Å². The molecule has 18 heavy (non-hydrogen) atoms. The van der Waals surface area contributed by atoms with Gasteiger partial charge in [0.05, 0.1) is 11.4 Å². The van der Waals surface area contributed by atoms with Crippen LogP contribution in [0.4, 0.5) is 0 Å². The Kier molecular flexibility index (Phi) is 4.78. The number of ketones is 1. The molecule has 2 rings (SSSR count). The van der Waals surface area contributed by atoms with Gasteiger partial charge in [0, 0.05) is 35.4 Å². The second-order valence-electron chi connectivity index (χ2n) is 4.72. The van der Waals surface area contributed by atoms with Gasteiger partial charge in [-0.25, -0.2) is 0 Å². The summed E-state index contributed by atoms with van der Waals surface area (Å²) in [4.78, 5) is 12.2. The van der Waals surface area contributed by atoms with Gasteiger partial charge in [-0.05, 0) is 12.5 Å². The van der Waals surface area contributed by atoms with Crippen LogP contribution < -0.4 is 0 Å². The number of carbonyl (C=O) groups excluding carboxylic acids is 1. The van der Waals surface area contributed by atoms with Gasteiger partial charge in [0.15, 0.2) is 5.78 Å². The molecule has 1 aliphatic heterocycles. The van der Waals surface area contributed by atoms with E-state index in [0.717, 1.165) is 17.9 Å². The SMILES string of the molecule is CCn1cc(CC(=O)C2CSC(C)C(C)S2)cn1. The molecular formula is C13H20N2OS2. The predicted octanol–water partition coefficient (Wildman–Crippen LogP) is 2.64. The smallest absolute Gasteiger partial charge is 0.151 e. The first-order chi connectivity index (χ1) is 8.60. The molecule has 0 N–H and O–H groups in total. The average Bonchev–Trinajstić information content (AvgIpc) is 2.80. The standard InChI is InChI=1S/C13H20N2OS2/c1-4-15-7-11(6-14-15)5-12(16)13-8-17-9(2)10(3)18-13/h6-7,9-10,13H,4-5,8H2,1-3H3. The lowest BCUT2D eigenvalue weighted by atomic mass is 10.1. The van der Waals surface area contributed by atoms with Gasteiger partial charge >= 0.3 is 0 Å². The monoisotopic (exact) mass is 284 g/mol. The molecule has 0 saturated carbocycles. The minimum Gasteiger partial charge on any atom is -0.298 e. The van der Waals surface area contributed by atoms with Gasteiger partial charge in [0.2, 0.25) is 0 Å². The van der Waals surface area contributed by atoms with Crippen molar-refractivity contribution in [3.63, 3.8) is 0 Å². The number of rotatable bonds is 4. The average molecular weight is 284 g/mol. The lowest BCUT2D eigenvalue weighted by molar-refractivity contribution is -0.117. The molecule has 0 amide bonds. The summed E-state index contributed by atoms with van der Waals surface area (Å²) in [6, 6.07) is 0. The maximum absolute atomic E-state index is 12.2. The number of hydrogen-bond acceptors (Lipinski definition) is 4. The lowest BCUT2D eigenvalue weighted by Gasteiger charge is -2.30. The van der Waals surface area contributed by atoms with Crippen molar-refractivity contribution >= 4 is 29.3 Å². The first kappa shape index (κ1) is 14.0. The summed E-state index contributed by atoms with van der Waals surface area (Å²) in [6.45, 7) is 7.37. The molecular weight excluding hydrogens is 264 g/mol. The molecule has 5 heteroatoms. The van der Waals surface area contributed by atoms with Gasteiger partial charge in [0.1, 0.15) is 0 Å². The summed E-state index contributed by atoms with van der Waals surface area (Å²) in [7, 11) is 0. The predicted molar refractivity (Wildman–Crippen MR) is 79.4 cm³/mol. The normalized spacial score (nSPS) is 28.3. The van der Waals surface area contributed by atoms with Gasteiger partial charge in [-0.3, -0.25) is 9.48 Å². The van der Waals surface area contributed by atoms with Crippen molar-refractivity contribution in [2.45, 2.75) is 49.5 Å². The van der Waals surface area contributed by atoms with Gasteiger partial charge in [0.25, 0.3) is 0 Å². The second-order valence-corrected chi connectivity index (χ2v) is 7.71. The molecule has 0 bridgehead atoms. The molecule has 0 radical (unpaired) electrons. The minimum absolute atomic E-state index is 0.158. The molecule has 3 atom stereocenters. The Morgan fingerprint density at radius 3 is 2.89 bits per heavy atom. The van der Waals surface area contributed by atoms with E-state index in [-0.39, 0.29) is 5.25 Å². The van der Waals surface area contributed by atoms with Crippen molar-refractivity contribution in [2.24, 2.45) is 0 Å². The van der Waals surface area contributed by atoms with E-state index < -0.39 is 0 Å². The van der Waals surface area contributed by atoms with Crippen LogP contribution in [0.3, 0.4) is 0 Å². The highest BCUT2D eigenvalue weighted by molar-refractivity contribution is 8.08. The van der Waals surface area contributed by atoms with Crippen LogP contribution in [-0.4, -0.2) is 37.1 Å². The van der Waals surface area contributed by atoms with E-state index in [1.165, 1.54) is 0 Å². The maximum atomic E-state index is 12.2. The Hall–Kier alpha value is -0.420. The zero-order valence-corrected chi connectivity index (χ0v) is 12.8. The fourth-order valence-electron chi connectivity index (χ4n) is 1.94. The first-order valence-electron chi connectivity index (χ1n) is 6.41. The lowest BCUT2D eigenvalue weighted by Crippen LogP contribution is -2.32. The van der Waals surface area contributed by atoms with E-state index in [0.29, 0.717) is 22.7 Å². The Bertz CT molecular complexity index is 419. The summed E-state index contributed by atoms with van der Waals surface area (Å²) in [6.07, 6.45) is 4.32. The fraction of sp³-hybridized carbons (Fsp3) is 0.692. The topological polar surface area (TPSA) is 34.9 Å². The maximum Gasteiger partial charge on any atom is 0.151 e. The Labute approximate surface area is 117 Å². The summed E-state index contributed by atoms with van der Waals surface area (Å²) in [5.41, 5.74) is 1.04. The third kappa shape index (κ3) is 3.32. The third-order valence-electron chi connectivity index (χ3n) is 3.30. The van der Waals surface area contributed by atoms with E-state index in [1.807, 2.05) is 40.6 Å². The van der Waals surface area contributed by atoms with E-state index in [1.54, 1.807) is 0 Å².